The molecule has 1 fully saturated rings. The van der Waals surface area contributed by atoms with E-state index < -0.39 is 16.7 Å². The van der Waals surface area contributed by atoms with Crippen LogP contribution in [0.3, 0.4) is 0 Å². The number of hydrogen-bond donors (Lipinski definition) is 1. The van der Waals surface area contributed by atoms with Gasteiger partial charge in [0.15, 0.2) is 5.11 Å². The van der Waals surface area contributed by atoms with Gasteiger partial charge in [-0.3, -0.25) is 29.9 Å². The van der Waals surface area contributed by atoms with Crippen LogP contribution in [0, 0.1) is 10.1 Å². The third kappa shape index (κ3) is 3.43. The minimum atomic E-state index is -0.656. The highest BCUT2D eigenvalue weighted by molar-refractivity contribution is 7.80. The Morgan fingerprint density at radius 3 is 2.48 bits per heavy atom. The lowest BCUT2D eigenvalue weighted by atomic mass is 10.1. The van der Waals surface area contributed by atoms with E-state index in [0.29, 0.717) is 15.6 Å². The van der Waals surface area contributed by atoms with E-state index in [1.54, 1.807) is 24.3 Å². The topological polar surface area (TPSA) is 92.6 Å². The maximum absolute atomic E-state index is 12.7. The standard InChI is InChI=1S/C15H8ClN3O4S2/c16-8-1-3-9(4-2-8)18-14(21)11(13(20)17-15(18)24)7-10-5-6-12(25-10)19(22)23/h1-7H,(H,17,20,24)/b11-7-. The number of halogens is 1. The summed E-state index contributed by atoms with van der Waals surface area (Å²) in [5.41, 5.74) is 0.280. The lowest BCUT2D eigenvalue weighted by molar-refractivity contribution is -0.380. The van der Waals surface area contributed by atoms with Crippen molar-refractivity contribution in [1.82, 2.24) is 5.32 Å². The van der Waals surface area contributed by atoms with Crippen molar-refractivity contribution in [1.29, 1.82) is 0 Å². The molecule has 2 aromatic rings. The fraction of sp³-hybridized carbons (Fsp3) is 0. The second-order valence-corrected chi connectivity index (χ2v) is 6.78. The van der Waals surface area contributed by atoms with Gasteiger partial charge in [0.25, 0.3) is 11.8 Å². The van der Waals surface area contributed by atoms with Crippen molar-refractivity contribution < 1.29 is 14.5 Å². The SMILES string of the molecule is O=C1NC(=S)N(c2ccc(Cl)cc2)C(=O)/C1=C\c1ccc([N+](=O)[O-])s1. The number of amides is 2. The van der Waals surface area contributed by atoms with E-state index in [4.69, 9.17) is 23.8 Å². The van der Waals surface area contributed by atoms with Gasteiger partial charge in [0.2, 0.25) is 0 Å². The highest BCUT2D eigenvalue weighted by Crippen LogP contribution is 2.28. The molecule has 1 saturated heterocycles. The second kappa shape index (κ2) is 6.71. The molecule has 25 heavy (non-hydrogen) atoms. The van der Waals surface area contributed by atoms with Gasteiger partial charge in [-0.15, -0.1) is 0 Å². The van der Waals surface area contributed by atoms with Gasteiger partial charge in [-0.25, -0.2) is 0 Å². The van der Waals surface area contributed by atoms with Crippen molar-refractivity contribution >= 4 is 68.8 Å². The third-order valence-corrected chi connectivity index (χ3v) is 4.79. The molecule has 0 spiro atoms. The molecule has 7 nitrogen and oxygen atoms in total. The Morgan fingerprint density at radius 1 is 1.20 bits per heavy atom. The molecule has 0 bridgehead atoms. The normalized spacial score (nSPS) is 16.3. The van der Waals surface area contributed by atoms with Crippen LogP contribution in [0.2, 0.25) is 5.02 Å². The number of carbonyl (C=O) groups is 2. The number of rotatable bonds is 3. The van der Waals surface area contributed by atoms with E-state index in [1.165, 1.54) is 23.1 Å². The molecule has 0 atom stereocenters. The molecule has 126 valence electrons. The second-order valence-electron chi connectivity index (χ2n) is 4.87. The summed E-state index contributed by atoms with van der Waals surface area (Å²) >= 11 is 11.8. The minimum Gasteiger partial charge on any atom is -0.298 e. The molecule has 1 aliphatic heterocycles. The summed E-state index contributed by atoms with van der Waals surface area (Å²) in [4.78, 5) is 36.6. The number of nitrogens with zero attached hydrogens (tertiary/aromatic N) is 2. The van der Waals surface area contributed by atoms with E-state index in [1.807, 2.05) is 0 Å². The highest BCUT2D eigenvalue weighted by Gasteiger charge is 2.34. The zero-order valence-corrected chi connectivity index (χ0v) is 14.7. The fourth-order valence-electron chi connectivity index (χ4n) is 2.14. The molecule has 10 heteroatoms. The molecule has 3 rings (SSSR count). The summed E-state index contributed by atoms with van der Waals surface area (Å²) in [5.74, 6) is -1.27. The number of benzene rings is 1. The first-order valence-corrected chi connectivity index (χ1v) is 8.38. The van der Waals surface area contributed by atoms with Gasteiger partial charge in [0, 0.05) is 16.0 Å². The number of hydrogen-bond acceptors (Lipinski definition) is 6. The van der Waals surface area contributed by atoms with Crippen LogP contribution in [-0.4, -0.2) is 21.9 Å². The predicted octanol–water partition coefficient (Wildman–Crippen LogP) is 3.14. The van der Waals surface area contributed by atoms with Gasteiger partial charge in [0.1, 0.15) is 5.57 Å². The van der Waals surface area contributed by atoms with E-state index in [0.717, 1.165) is 11.3 Å². The molecule has 0 radical (unpaired) electrons. The van der Waals surface area contributed by atoms with Crippen LogP contribution in [0.25, 0.3) is 6.08 Å². The van der Waals surface area contributed by atoms with E-state index >= 15 is 0 Å². The van der Waals surface area contributed by atoms with Crippen LogP contribution in [0.5, 0.6) is 0 Å². The number of thiophene rings is 1. The first-order chi connectivity index (χ1) is 11.9. The third-order valence-electron chi connectivity index (χ3n) is 3.27. The Hall–Kier alpha value is -2.62. The lowest BCUT2D eigenvalue weighted by Gasteiger charge is -2.28. The molecule has 1 aromatic heterocycles. The summed E-state index contributed by atoms with van der Waals surface area (Å²) in [6.45, 7) is 0. The molecule has 1 aromatic carbocycles. The first-order valence-electron chi connectivity index (χ1n) is 6.78. The first kappa shape index (κ1) is 17.2. The van der Waals surface area contributed by atoms with Crippen LogP contribution in [0.15, 0.2) is 42.0 Å². The molecule has 2 heterocycles. The van der Waals surface area contributed by atoms with E-state index in [2.05, 4.69) is 5.32 Å². The summed E-state index contributed by atoms with van der Waals surface area (Å²) in [7, 11) is 0. The maximum Gasteiger partial charge on any atom is 0.324 e. The van der Waals surface area contributed by atoms with Gasteiger partial charge < -0.3 is 0 Å². The van der Waals surface area contributed by atoms with Crippen LogP contribution < -0.4 is 10.2 Å². The molecular formula is C15H8ClN3O4S2. The van der Waals surface area contributed by atoms with Crippen molar-refractivity contribution in [2.45, 2.75) is 0 Å². The molecule has 0 saturated carbocycles. The number of carbonyl (C=O) groups excluding carboxylic acids is 2. The Bertz CT molecular complexity index is 937. The predicted molar refractivity (Wildman–Crippen MR) is 98.6 cm³/mol. The zero-order valence-electron chi connectivity index (χ0n) is 12.3. The van der Waals surface area contributed by atoms with Gasteiger partial charge in [-0.2, -0.15) is 0 Å². The van der Waals surface area contributed by atoms with Gasteiger partial charge in [-0.1, -0.05) is 22.9 Å². The highest BCUT2D eigenvalue weighted by atomic mass is 35.5. The Balaban J connectivity index is 1.98. The number of nitrogens with one attached hydrogen (secondary N) is 1. The molecule has 0 aliphatic carbocycles. The van der Waals surface area contributed by atoms with Crippen molar-refractivity contribution in [3.05, 3.63) is 62.0 Å². The Labute approximate surface area is 155 Å². The monoisotopic (exact) mass is 393 g/mol. The maximum atomic E-state index is 12.7. The smallest absolute Gasteiger partial charge is 0.298 e. The summed E-state index contributed by atoms with van der Waals surface area (Å²) in [5, 5.41) is 13.6. The van der Waals surface area contributed by atoms with Crippen molar-refractivity contribution in [2.75, 3.05) is 4.90 Å². The van der Waals surface area contributed by atoms with Gasteiger partial charge in [0.05, 0.1) is 10.6 Å². The Morgan fingerprint density at radius 2 is 1.88 bits per heavy atom. The van der Waals surface area contributed by atoms with Crippen LogP contribution in [0.4, 0.5) is 10.7 Å². The number of nitro groups is 1. The number of thiocarbonyl (C=S) groups is 1. The average molecular weight is 394 g/mol. The summed E-state index contributed by atoms with van der Waals surface area (Å²) < 4.78 is 0. The van der Waals surface area contributed by atoms with E-state index in [9.17, 15) is 19.7 Å². The zero-order chi connectivity index (χ0) is 18.1. The molecule has 1 N–H and O–H groups in total. The van der Waals surface area contributed by atoms with Crippen molar-refractivity contribution in [3.63, 3.8) is 0 Å². The number of anilines is 1. The Kier molecular flexibility index (Phi) is 4.62. The summed E-state index contributed by atoms with van der Waals surface area (Å²) in [6.07, 6.45) is 1.31. The largest absolute Gasteiger partial charge is 0.324 e. The van der Waals surface area contributed by atoms with Gasteiger partial charge in [-0.05, 0) is 48.6 Å². The average Bonchev–Trinajstić information content (AvgIpc) is 3.02. The van der Waals surface area contributed by atoms with Gasteiger partial charge >= 0.3 is 5.00 Å². The van der Waals surface area contributed by atoms with Crippen molar-refractivity contribution in [2.24, 2.45) is 0 Å². The van der Waals surface area contributed by atoms with Crippen LogP contribution >= 0.6 is 35.2 Å². The lowest BCUT2D eigenvalue weighted by Crippen LogP contribution is -2.54. The quantitative estimate of drug-likeness (QED) is 0.284. The fourth-order valence-corrected chi connectivity index (χ4v) is 3.31. The molecule has 0 unspecified atom stereocenters. The minimum absolute atomic E-state index is 0.0494. The molecular weight excluding hydrogens is 386 g/mol. The van der Waals surface area contributed by atoms with Crippen molar-refractivity contribution in [3.8, 4) is 0 Å². The molecule has 2 amide bonds. The van der Waals surface area contributed by atoms with E-state index in [-0.39, 0.29) is 15.7 Å². The van der Waals surface area contributed by atoms with Crippen LogP contribution in [-0.2, 0) is 9.59 Å². The summed E-state index contributed by atoms with van der Waals surface area (Å²) in [6, 6.07) is 9.15. The molecule has 1 aliphatic rings. The van der Waals surface area contributed by atoms with Crippen LogP contribution in [0.1, 0.15) is 4.88 Å².